The fourth-order valence-corrected chi connectivity index (χ4v) is 2.32. The number of alkyl halides is 3. The average Bonchev–Trinajstić information content (AvgIpc) is 2.55. The summed E-state index contributed by atoms with van der Waals surface area (Å²) in [7, 11) is 0. The van der Waals surface area contributed by atoms with Crippen LogP contribution < -0.4 is 0 Å². The van der Waals surface area contributed by atoms with Crippen molar-refractivity contribution in [3.8, 4) is 0 Å². The van der Waals surface area contributed by atoms with Gasteiger partial charge in [0.25, 0.3) is 0 Å². The maximum Gasteiger partial charge on any atom is 0.392 e. The molecular weight excluding hydrogens is 253 g/mol. The molecule has 0 fully saturated rings. The van der Waals surface area contributed by atoms with Gasteiger partial charge in [0, 0.05) is 17.5 Å². The monoisotopic (exact) mass is 264 g/mol. The van der Waals surface area contributed by atoms with Crippen molar-refractivity contribution in [3.63, 3.8) is 0 Å². The molecule has 2 atom stereocenters. The molecular formula is C11H11F3O4. The highest BCUT2D eigenvalue weighted by Gasteiger charge is 2.46. The molecule has 2 rings (SSSR count). The van der Waals surface area contributed by atoms with E-state index in [2.05, 4.69) is 0 Å². The van der Waals surface area contributed by atoms with E-state index in [1.165, 1.54) is 6.92 Å². The zero-order chi connectivity index (χ0) is 13.7. The molecule has 1 aromatic rings. The van der Waals surface area contributed by atoms with Gasteiger partial charge in [0.05, 0.1) is 12.0 Å². The third-order valence-electron chi connectivity index (χ3n) is 3.20. The Morgan fingerprint density at radius 2 is 2.06 bits per heavy atom. The van der Waals surface area contributed by atoms with Crippen LogP contribution >= 0.6 is 0 Å². The van der Waals surface area contributed by atoms with Crippen molar-refractivity contribution in [2.75, 3.05) is 0 Å². The second kappa shape index (κ2) is 4.01. The van der Waals surface area contributed by atoms with Crippen LogP contribution in [0.1, 0.15) is 40.0 Å². The SMILES string of the molecule is Cc1c(C(=O)O)oc2c1[C@H](O)C[C@H](C(F)(F)F)C2. The molecule has 0 bridgehead atoms. The molecule has 0 radical (unpaired) electrons. The van der Waals surface area contributed by atoms with Gasteiger partial charge in [-0.15, -0.1) is 0 Å². The van der Waals surface area contributed by atoms with Gasteiger partial charge in [-0.25, -0.2) is 4.79 Å². The first kappa shape index (κ1) is 12.9. The van der Waals surface area contributed by atoms with Gasteiger partial charge in [-0.3, -0.25) is 0 Å². The summed E-state index contributed by atoms with van der Waals surface area (Å²) >= 11 is 0. The van der Waals surface area contributed by atoms with E-state index >= 15 is 0 Å². The van der Waals surface area contributed by atoms with Crippen LogP contribution in [0.4, 0.5) is 13.2 Å². The number of furan rings is 1. The largest absolute Gasteiger partial charge is 0.475 e. The smallest absolute Gasteiger partial charge is 0.392 e. The van der Waals surface area contributed by atoms with Crippen LogP contribution in [0.15, 0.2) is 4.42 Å². The number of rotatable bonds is 1. The van der Waals surface area contributed by atoms with E-state index in [4.69, 9.17) is 9.52 Å². The number of aliphatic hydroxyl groups excluding tert-OH is 1. The van der Waals surface area contributed by atoms with Crippen molar-refractivity contribution < 1.29 is 32.6 Å². The molecule has 1 heterocycles. The lowest BCUT2D eigenvalue weighted by atomic mass is 9.84. The maximum absolute atomic E-state index is 12.6. The second-order valence-corrected chi connectivity index (χ2v) is 4.39. The standard InChI is InChI=1S/C11H11F3O4/c1-4-8-6(15)2-5(11(12,13)14)3-7(8)18-9(4)10(16)17/h5-6,15H,2-3H2,1H3,(H,16,17)/t5-,6+/m0/s1. The van der Waals surface area contributed by atoms with E-state index in [9.17, 15) is 23.1 Å². The van der Waals surface area contributed by atoms with Gasteiger partial charge in [0.15, 0.2) is 0 Å². The van der Waals surface area contributed by atoms with E-state index in [-0.39, 0.29) is 16.9 Å². The summed E-state index contributed by atoms with van der Waals surface area (Å²) in [6.07, 6.45) is -6.65. The molecule has 1 aromatic heterocycles. The highest BCUT2D eigenvalue weighted by atomic mass is 19.4. The van der Waals surface area contributed by atoms with Crippen molar-refractivity contribution in [2.24, 2.45) is 5.92 Å². The summed E-state index contributed by atoms with van der Waals surface area (Å²) in [5.41, 5.74) is 0.388. The number of hydrogen-bond donors (Lipinski definition) is 2. The number of carbonyl (C=O) groups is 1. The fraction of sp³-hybridized carbons (Fsp3) is 0.545. The first-order valence-corrected chi connectivity index (χ1v) is 5.32. The molecule has 18 heavy (non-hydrogen) atoms. The number of aliphatic hydroxyl groups is 1. The number of fused-ring (bicyclic) bond motifs is 1. The number of halogens is 3. The molecule has 7 heteroatoms. The molecule has 100 valence electrons. The van der Waals surface area contributed by atoms with Crippen molar-refractivity contribution in [3.05, 3.63) is 22.6 Å². The lowest BCUT2D eigenvalue weighted by Gasteiger charge is -2.27. The molecule has 0 amide bonds. The molecule has 4 nitrogen and oxygen atoms in total. The van der Waals surface area contributed by atoms with Crippen molar-refractivity contribution in [2.45, 2.75) is 32.0 Å². The van der Waals surface area contributed by atoms with Crippen LogP contribution in [0.3, 0.4) is 0 Å². The number of hydrogen-bond acceptors (Lipinski definition) is 3. The third-order valence-corrected chi connectivity index (χ3v) is 3.20. The van der Waals surface area contributed by atoms with Crippen molar-refractivity contribution in [1.82, 2.24) is 0 Å². The van der Waals surface area contributed by atoms with Gasteiger partial charge >= 0.3 is 12.1 Å². The predicted molar refractivity (Wildman–Crippen MR) is 53.2 cm³/mol. The Hall–Kier alpha value is -1.50. The molecule has 0 spiro atoms. The van der Waals surface area contributed by atoms with Crippen molar-refractivity contribution >= 4 is 5.97 Å². The van der Waals surface area contributed by atoms with Crippen LogP contribution in [0.25, 0.3) is 0 Å². The molecule has 1 aliphatic rings. The van der Waals surface area contributed by atoms with Crippen LogP contribution in [0.2, 0.25) is 0 Å². The molecule has 0 aromatic carbocycles. The van der Waals surface area contributed by atoms with Crippen LogP contribution in [0, 0.1) is 12.8 Å². The Bertz CT molecular complexity index is 489. The quantitative estimate of drug-likeness (QED) is 0.817. The van der Waals surface area contributed by atoms with E-state index in [1.807, 2.05) is 0 Å². The zero-order valence-electron chi connectivity index (χ0n) is 9.41. The lowest BCUT2D eigenvalue weighted by molar-refractivity contribution is -0.185. The number of carboxylic acid groups (broad SMARTS) is 1. The minimum atomic E-state index is -4.43. The van der Waals surface area contributed by atoms with Gasteiger partial charge in [-0.1, -0.05) is 0 Å². The van der Waals surface area contributed by atoms with E-state index in [0.717, 1.165) is 0 Å². The normalized spacial score (nSPS) is 23.8. The first-order chi connectivity index (χ1) is 8.21. The van der Waals surface area contributed by atoms with Gasteiger partial charge in [0.2, 0.25) is 5.76 Å². The van der Waals surface area contributed by atoms with E-state index in [0.29, 0.717) is 0 Å². The molecule has 0 unspecified atom stereocenters. The summed E-state index contributed by atoms with van der Waals surface area (Å²) in [5, 5.41) is 18.5. The van der Waals surface area contributed by atoms with Gasteiger partial charge in [0.1, 0.15) is 5.76 Å². The number of carboxylic acids is 1. The second-order valence-electron chi connectivity index (χ2n) is 4.39. The summed E-state index contributed by atoms with van der Waals surface area (Å²) in [6, 6.07) is 0. The van der Waals surface area contributed by atoms with Crippen LogP contribution in [-0.2, 0) is 6.42 Å². The molecule has 1 aliphatic carbocycles. The zero-order valence-corrected chi connectivity index (χ0v) is 9.41. The van der Waals surface area contributed by atoms with E-state index < -0.39 is 42.8 Å². The minimum Gasteiger partial charge on any atom is -0.475 e. The third kappa shape index (κ3) is 1.98. The van der Waals surface area contributed by atoms with Gasteiger partial charge in [-0.2, -0.15) is 13.2 Å². The van der Waals surface area contributed by atoms with Crippen LogP contribution in [0.5, 0.6) is 0 Å². The molecule has 2 N–H and O–H groups in total. The summed E-state index contributed by atoms with van der Waals surface area (Å²) < 4.78 is 42.8. The fourth-order valence-electron chi connectivity index (χ4n) is 2.32. The first-order valence-electron chi connectivity index (χ1n) is 5.32. The summed E-state index contributed by atoms with van der Waals surface area (Å²) in [5.74, 6) is -3.53. The van der Waals surface area contributed by atoms with E-state index in [1.54, 1.807) is 0 Å². The maximum atomic E-state index is 12.6. The van der Waals surface area contributed by atoms with Gasteiger partial charge in [-0.05, 0) is 13.3 Å². The highest BCUT2D eigenvalue weighted by Crippen LogP contribution is 2.44. The minimum absolute atomic E-state index is 0.0778. The van der Waals surface area contributed by atoms with Crippen molar-refractivity contribution in [1.29, 1.82) is 0 Å². The summed E-state index contributed by atoms with van der Waals surface area (Å²) in [6.45, 7) is 1.42. The summed E-state index contributed by atoms with van der Waals surface area (Å²) in [4.78, 5) is 10.8. The molecule has 0 saturated heterocycles. The predicted octanol–water partition coefficient (Wildman–Crippen LogP) is 2.44. The Balaban J connectivity index is 2.43. The molecule has 0 aliphatic heterocycles. The van der Waals surface area contributed by atoms with Gasteiger partial charge < -0.3 is 14.6 Å². The Labute approximate surface area is 100 Å². The topological polar surface area (TPSA) is 70.7 Å². The average molecular weight is 264 g/mol. The van der Waals surface area contributed by atoms with Crippen LogP contribution in [-0.4, -0.2) is 22.4 Å². The lowest BCUT2D eigenvalue weighted by Crippen LogP contribution is -2.30. The Kier molecular flexibility index (Phi) is 2.89. The molecule has 0 saturated carbocycles. The Morgan fingerprint density at radius 3 is 2.56 bits per heavy atom. The highest BCUT2D eigenvalue weighted by molar-refractivity contribution is 5.86. The number of aromatic carboxylic acids is 1. The Morgan fingerprint density at radius 1 is 1.44 bits per heavy atom.